The van der Waals surface area contributed by atoms with Crippen LogP contribution in [-0.2, 0) is 4.79 Å². The number of nitrogens with one attached hydrogen (secondary N) is 2. The van der Waals surface area contributed by atoms with Gasteiger partial charge in [0.15, 0.2) is 5.82 Å². The van der Waals surface area contributed by atoms with Crippen molar-refractivity contribution < 1.29 is 4.79 Å². The number of aromatic amines is 1. The lowest BCUT2D eigenvalue weighted by Gasteiger charge is -2.08. The van der Waals surface area contributed by atoms with Crippen molar-refractivity contribution in [3.05, 3.63) is 58.6 Å². The van der Waals surface area contributed by atoms with Crippen LogP contribution < -0.4 is 5.32 Å². The van der Waals surface area contributed by atoms with Gasteiger partial charge in [-0.1, -0.05) is 53.2 Å². The maximum absolute atomic E-state index is 12.1. The molecule has 1 heterocycles. The maximum atomic E-state index is 12.1. The van der Waals surface area contributed by atoms with E-state index in [1.165, 1.54) is 11.8 Å². The lowest BCUT2D eigenvalue weighted by molar-refractivity contribution is -0.113. The monoisotopic (exact) mass is 372 g/mol. The van der Waals surface area contributed by atoms with Crippen molar-refractivity contribution in [1.82, 2.24) is 15.2 Å². The van der Waals surface area contributed by atoms with Gasteiger partial charge in [0.05, 0.1) is 5.75 Å². The number of rotatable bonds is 5. The summed E-state index contributed by atoms with van der Waals surface area (Å²) in [5.41, 5.74) is 3.69. The van der Waals surface area contributed by atoms with E-state index in [1.54, 1.807) is 6.07 Å². The van der Waals surface area contributed by atoms with Crippen molar-refractivity contribution in [2.45, 2.75) is 19.0 Å². The zero-order valence-electron chi connectivity index (χ0n) is 13.8. The first-order chi connectivity index (χ1) is 12.0. The Morgan fingerprint density at radius 3 is 2.84 bits per heavy atom. The number of anilines is 1. The molecule has 0 atom stereocenters. The highest BCUT2D eigenvalue weighted by molar-refractivity contribution is 7.99. The molecule has 0 spiro atoms. The van der Waals surface area contributed by atoms with Crippen LogP contribution >= 0.6 is 23.4 Å². The minimum Gasteiger partial charge on any atom is -0.325 e. The molecule has 0 saturated carbocycles. The average molecular weight is 373 g/mol. The number of hydrogen-bond donors (Lipinski definition) is 2. The SMILES string of the molecule is Cc1cccc(-c2nc(SCC(=O)Nc3cccc(Cl)c3C)n[nH]2)c1. The Bertz CT molecular complexity index is 910. The summed E-state index contributed by atoms with van der Waals surface area (Å²) in [7, 11) is 0. The smallest absolute Gasteiger partial charge is 0.234 e. The van der Waals surface area contributed by atoms with E-state index >= 15 is 0 Å². The molecule has 128 valence electrons. The summed E-state index contributed by atoms with van der Waals surface area (Å²) >= 11 is 7.34. The number of nitrogens with zero attached hydrogens (tertiary/aromatic N) is 2. The zero-order chi connectivity index (χ0) is 17.8. The number of thioether (sulfide) groups is 1. The van der Waals surface area contributed by atoms with Gasteiger partial charge in [-0.2, -0.15) is 0 Å². The molecule has 3 aromatic rings. The second kappa shape index (κ2) is 7.72. The van der Waals surface area contributed by atoms with Gasteiger partial charge in [-0.25, -0.2) is 4.98 Å². The fraction of sp³-hybridized carbons (Fsp3) is 0.167. The number of hydrogen-bond acceptors (Lipinski definition) is 4. The lowest BCUT2D eigenvalue weighted by Crippen LogP contribution is -2.15. The predicted octanol–water partition coefficient (Wildman–Crippen LogP) is 4.47. The van der Waals surface area contributed by atoms with Crippen LogP contribution in [0.1, 0.15) is 11.1 Å². The summed E-state index contributed by atoms with van der Waals surface area (Å²) in [5.74, 6) is 0.784. The Hall–Kier alpha value is -2.31. The number of carbonyl (C=O) groups is 1. The van der Waals surface area contributed by atoms with Gasteiger partial charge < -0.3 is 5.32 Å². The molecule has 0 bridgehead atoms. The second-order valence-corrected chi connectivity index (χ2v) is 6.94. The molecule has 2 aromatic carbocycles. The number of aromatic nitrogens is 3. The molecule has 25 heavy (non-hydrogen) atoms. The number of carbonyl (C=O) groups excluding carboxylic acids is 1. The highest BCUT2D eigenvalue weighted by Crippen LogP contribution is 2.24. The molecule has 5 nitrogen and oxygen atoms in total. The first-order valence-electron chi connectivity index (χ1n) is 7.70. The topological polar surface area (TPSA) is 70.7 Å². The third-order valence-corrected chi connectivity index (χ3v) is 4.89. The van der Waals surface area contributed by atoms with Crippen LogP contribution in [0.2, 0.25) is 5.02 Å². The minimum absolute atomic E-state index is 0.128. The summed E-state index contributed by atoms with van der Waals surface area (Å²) in [5, 5.41) is 11.1. The highest BCUT2D eigenvalue weighted by Gasteiger charge is 2.11. The molecular weight excluding hydrogens is 356 g/mol. The summed E-state index contributed by atoms with van der Waals surface area (Å²) in [6.45, 7) is 3.90. The summed E-state index contributed by atoms with van der Waals surface area (Å²) in [6.07, 6.45) is 0. The molecule has 0 aliphatic rings. The van der Waals surface area contributed by atoms with E-state index in [0.29, 0.717) is 21.7 Å². The number of aryl methyl sites for hydroxylation is 1. The van der Waals surface area contributed by atoms with Gasteiger partial charge in [0, 0.05) is 16.3 Å². The lowest BCUT2D eigenvalue weighted by atomic mass is 10.1. The fourth-order valence-electron chi connectivity index (χ4n) is 2.29. The largest absolute Gasteiger partial charge is 0.325 e. The van der Waals surface area contributed by atoms with Crippen molar-refractivity contribution in [3.8, 4) is 11.4 Å². The highest BCUT2D eigenvalue weighted by atomic mass is 35.5. The zero-order valence-corrected chi connectivity index (χ0v) is 15.4. The number of amides is 1. The average Bonchev–Trinajstić information content (AvgIpc) is 3.06. The van der Waals surface area contributed by atoms with Crippen LogP contribution in [0.3, 0.4) is 0 Å². The molecule has 0 fully saturated rings. The van der Waals surface area contributed by atoms with Crippen LogP contribution in [0.15, 0.2) is 47.6 Å². The molecule has 1 aromatic heterocycles. The normalized spacial score (nSPS) is 10.7. The molecule has 1 amide bonds. The Labute approximate surface area is 155 Å². The first-order valence-corrected chi connectivity index (χ1v) is 9.06. The van der Waals surface area contributed by atoms with Gasteiger partial charge in [0.25, 0.3) is 0 Å². The van der Waals surface area contributed by atoms with Crippen LogP contribution in [-0.4, -0.2) is 26.8 Å². The number of benzene rings is 2. The Kier molecular flexibility index (Phi) is 5.40. The molecule has 0 unspecified atom stereocenters. The second-order valence-electron chi connectivity index (χ2n) is 5.59. The molecule has 7 heteroatoms. The van der Waals surface area contributed by atoms with Gasteiger partial charge >= 0.3 is 0 Å². The molecule has 3 rings (SSSR count). The van der Waals surface area contributed by atoms with E-state index < -0.39 is 0 Å². The van der Waals surface area contributed by atoms with E-state index in [4.69, 9.17) is 11.6 Å². The third kappa shape index (κ3) is 4.41. The number of halogens is 1. The molecule has 0 aliphatic heterocycles. The van der Waals surface area contributed by atoms with E-state index in [2.05, 4.69) is 20.5 Å². The van der Waals surface area contributed by atoms with Crippen LogP contribution in [0.5, 0.6) is 0 Å². The van der Waals surface area contributed by atoms with Gasteiger partial charge in [-0.05, 0) is 37.6 Å². The standard InChI is InChI=1S/C18H17ClN4OS/c1-11-5-3-6-13(9-11)17-21-18(23-22-17)25-10-16(24)20-15-8-4-7-14(19)12(15)2/h3-9H,10H2,1-2H3,(H,20,24)(H,21,22,23). The van der Waals surface area contributed by atoms with Crippen LogP contribution in [0, 0.1) is 13.8 Å². The van der Waals surface area contributed by atoms with Crippen LogP contribution in [0.25, 0.3) is 11.4 Å². The third-order valence-electron chi connectivity index (χ3n) is 3.63. The van der Waals surface area contributed by atoms with E-state index in [-0.39, 0.29) is 11.7 Å². The van der Waals surface area contributed by atoms with Gasteiger partial charge in [-0.15, -0.1) is 5.10 Å². The number of H-pyrrole nitrogens is 1. The Balaban J connectivity index is 1.60. The van der Waals surface area contributed by atoms with Gasteiger partial charge in [0.1, 0.15) is 0 Å². The summed E-state index contributed by atoms with van der Waals surface area (Å²) in [4.78, 5) is 16.6. The van der Waals surface area contributed by atoms with Gasteiger partial charge in [0.2, 0.25) is 11.1 Å². The minimum atomic E-state index is -0.128. The quantitative estimate of drug-likeness (QED) is 0.648. The van der Waals surface area contributed by atoms with E-state index in [1.807, 2.05) is 50.2 Å². The van der Waals surface area contributed by atoms with Crippen molar-refractivity contribution in [2.24, 2.45) is 0 Å². The first kappa shape index (κ1) is 17.5. The summed E-state index contributed by atoms with van der Waals surface area (Å²) in [6, 6.07) is 13.4. The van der Waals surface area contributed by atoms with E-state index in [0.717, 1.165) is 16.7 Å². The van der Waals surface area contributed by atoms with Crippen molar-refractivity contribution in [3.63, 3.8) is 0 Å². The Morgan fingerprint density at radius 2 is 2.04 bits per heavy atom. The molecule has 2 N–H and O–H groups in total. The predicted molar refractivity (Wildman–Crippen MR) is 102 cm³/mol. The molecular formula is C18H17ClN4OS. The van der Waals surface area contributed by atoms with Gasteiger partial charge in [-0.3, -0.25) is 9.89 Å². The fourth-order valence-corrected chi connectivity index (χ4v) is 3.06. The van der Waals surface area contributed by atoms with E-state index in [9.17, 15) is 4.79 Å². The Morgan fingerprint density at radius 1 is 1.24 bits per heavy atom. The van der Waals surface area contributed by atoms with Crippen molar-refractivity contribution in [2.75, 3.05) is 11.1 Å². The molecule has 0 saturated heterocycles. The maximum Gasteiger partial charge on any atom is 0.234 e. The van der Waals surface area contributed by atoms with Crippen molar-refractivity contribution >= 4 is 35.0 Å². The molecule has 0 aliphatic carbocycles. The molecule has 0 radical (unpaired) electrons. The van der Waals surface area contributed by atoms with Crippen LogP contribution in [0.4, 0.5) is 5.69 Å². The van der Waals surface area contributed by atoms with Crippen molar-refractivity contribution in [1.29, 1.82) is 0 Å². The summed E-state index contributed by atoms with van der Waals surface area (Å²) < 4.78 is 0.